The molecular weight excluding hydrogens is 440 g/mol. The fourth-order valence-corrected chi connectivity index (χ4v) is 2.89. The fraction of sp³-hybridized carbons (Fsp3) is 0.360. The standard InChI is InChI=1S/C25H30N2O7/c1-25(2,3)34-24(32)27(4)14-22(29)26-20(15-28)13-17-7-11-21(12-8-17)33-16-18-5-9-19(10-6-18)23(30)31/h5-12,15,20H,13-14,16H2,1-4H3,(H,26,29)(H,30,31)/t20-/m0/s1. The molecule has 0 unspecified atom stereocenters. The van der Waals surface area contributed by atoms with E-state index in [2.05, 4.69) is 5.32 Å². The first-order valence-electron chi connectivity index (χ1n) is 10.7. The Balaban J connectivity index is 1.84. The van der Waals surface area contributed by atoms with E-state index < -0.39 is 29.6 Å². The summed E-state index contributed by atoms with van der Waals surface area (Å²) in [5.41, 5.74) is 1.18. The zero-order chi connectivity index (χ0) is 25.3. The van der Waals surface area contributed by atoms with Gasteiger partial charge in [-0.25, -0.2) is 9.59 Å². The van der Waals surface area contributed by atoms with Gasteiger partial charge in [-0.3, -0.25) is 4.79 Å². The number of ether oxygens (including phenoxy) is 2. The van der Waals surface area contributed by atoms with Crippen molar-refractivity contribution in [3.05, 3.63) is 65.2 Å². The van der Waals surface area contributed by atoms with Gasteiger partial charge in [0.15, 0.2) is 0 Å². The molecule has 0 fully saturated rings. The van der Waals surface area contributed by atoms with Crippen molar-refractivity contribution < 1.29 is 33.8 Å². The zero-order valence-corrected chi connectivity index (χ0v) is 19.7. The van der Waals surface area contributed by atoms with Crippen LogP contribution in [0.5, 0.6) is 5.75 Å². The number of rotatable bonds is 10. The van der Waals surface area contributed by atoms with E-state index in [0.29, 0.717) is 12.0 Å². The molecular formula is C25H30N2O7. The number of likely N-dealkylation sites (N-methyl/N-ethyl adjacent to an activating group) is 1. The maximum Gasteiger partial charge on any atom is 0.410 e. The van der Waals surface area contributed by atoms with Gasteiger partial charge in [-0.2, -0.15) is 0 Å². The number of nitrogens with zero attached hydrogens (tertiary/aromatic N) is 1. The highest BCUT2D eigenvalue weighted by molar-refractivity contribution is 5.87. The number of benzene rings is 2. The van der Waals surface area contributed by atoms with Crippen molar-refractivity contribution in [3.8, 4) is 5.75 Å². The van der Waals surface area contributed by atoms with Gasteiger partial charge in [0.25, 0.3) is 0 Å². The summed E-state index contributed by atoms with van der Waals surface area (Å²) in [4.78, 5) is 47.7. The molecule has 0 aliphatic heterocycles. The van der Waals surface area contributed by atoms with E-state index in [-0.39, 0.29) is 25.1 Å². The highest BCUT2D eigenvalue weighted by Crippen LogP contribution is 2.16. The van der Waals surface area contributed by atoms with Crippen LogP contribution in [-0.4, -0.2) is 59.5 Å². The van der Waals surface area contributed by atoms with Crippen LogP contribution >= 0.6 is 0 Å². The van der Waals surface area contributed by atoms with Crippen molar-refractivity contribution in [2.24, 2.45) is 0 Å². The number of carbonyl (C=O) groups excluding carboxylic acids is 3. The van der Waals surface area contributed by atoms with E-state index in [9.17, 15) is 19.2 Å². The quantitative estimate of drug-likeness (QED) is 0.512. The minimum Gasteiger partial charge on any atom is -0.489 e. The lowest BCUT2D eigenvalue weighted by Gasteiger charge is -2.24. The largest absolute Gasteiger partial charge is 0.489 e. The number of carbonyl (C=O) groups is 4. The van der Waals surface area contributed by atoms with Crippen LogP contribution in [0, 0.1) is 0 Å². The third-order valence-electron chi connectivity index (χ3n) is 4.58. The average molecular weight is 471 g/mol. The highest BCUT2D eigenvalue weighted by Gasteiger charge is 2.22. The minimum absolute atomic E-state index is 0.210. The Morgan fingerprint density at radius 2 is 1.62 bits per heavy atom. The maximum absolute atomic E-state index is 12.2. The predicted octanol–water partition coefficient (Wildman–Crippen LogP) is 3.06. The Hall–Kier alpha value is -3.88. The van der Waals surface area contributed by atoms with Crippen LogP contribution in [0.3, 0.4) is 0 Å². The molecule has 0 bridgehead atoms. The number of carboxylic acids is 1. The van der Waals surface area contributed by atoms with Crippen LogP contribution in [0.25, 0.3) is 0 Å². The second-order valence-corrected chi connectivity index (χ2v) is 8.79. The topological polar surface area (TPSA) is 122 Å². The van der Waals surface area contributed by atoms with Crippen molar-refractivity contribution in [2.45, 2.75) is 45.4 Å². The van der Waals surface area contributed by atoms with E-state index in [1.807, 2.05) is 0 Å². The lowest BCUT2D eigenvalue weighted by molar-refractivity contribution is -0.124. The van der Waals surface area contributed by atoms with E-state index >= 15 is 0 Å². The van der Waals surface area contributed by atoms with Gasteiger partial charge in [-0.1, -0.05) is 24.3 Å². The molecule has 0 saturated heterocycles. The van der Waals surface area contributed by atoms with E-state index in [4.69, 9.17) is 14.6 Å². The molecule has 2 rings (SSSR count). The summed E-state index contributed by atoms with van der Waals surface area (Å²) < 4.78 is 10.9. The van der Waals surface area contributed by atoms with E-state index in [1.165, 1.54) is 19.2 Å². The van der Waals surface area contributed by atoms with Gasteiger partial charge in [0.1, 0.15) is 30.8 Å². The summed E-state index contributed by atoms with van der Waals surface area (Å²) in [5.74, 6) is -0.848. The number of aromatic carboxylic acids is 1. The molecule has 0 radical (unpaired) electrons. The van der Waals surface area contributed by atoms with Crippen LogP contribution in [0.1, 0.15) is 42.3 Å². The van der Waals surface area contributed by atoms with Crippen molar-refractivity contribution in [3.63, 3.8) is 0 Å². The third-order valence-corrected chi connectivity index (χ3v) is 4.58. The molecule has 2 aromatic carbocycles. The monoisotopic (exact) mass is 470 g/mol. The molecule has 0 saturated carbocycles. The van der Waals surface area contributed by atoms with Crippen molar-refractivity contribution >= 4 is 24.3 Å². The van der Waals surface area contributed by atoms with Crippen molar-refractivity contribution in [1.29, 1.82) is 0 Å². The maximum atomic E-state index is 12.2. The van der Waals surface area contributed by atoms with Gasteiger partial charge in [0, 0.05) is 7.05 Å². The third kappa shape index (κ3) is 8.93. The smallest absolute Gasteiger partial charge is 0.410 e. The summed E-state index contributed by atoms with van der Waals surface area (Å²) in [7, 11) is 1.45. The molecule has 0 heterocycles. The Labute approximate surface area is 198 Å². The van der Waals surface area contributed by atoms with Gasteiger partial charge in [0.2, 0.25) is 5.91 Å². The fourth-order valence-electron chi connectivity index (χ4n) is 2.89. The zero-order valence-electron chi connectivity index (χ0n) is 19.7. The molecule has 0 aromatic heterocycles. The normalized spacial score (nSPS) is 11.8. The van der Waals surface area contributed by atoms with Gasteiger partial charge in [0.05, 0.1) is 11.6 Å². The molecule has 9 nitrogen and oxygen atoms in total. The summed E-state index contributed by atoms with van der Waals surface area (Å²) in [5, 5.41) is 11.5. The Morgan fingerprint density at radius 3 is 2.15 bits per heavy atom. The highest BCUT2D eigenvalue weighted by atomic mass is 16.6. The number of aldehydes is 1. The van der Waals surface area contributed by atoms with Gasteiger partial charge in [-0.05, 0) is 62.6 Å². The minimum atomic E-state index is -0.983. The second kappa shape index (κ2) is 11.8. The molecule has 182 valence electrons. The van der Waals surface area contributed by atoms with Crippen molar-refractivity contribution in [2.75, 3.05) is 13.6 Å². The number of hydrogen-bond donors (Lipinski definition) is 2. The van der Waals surface area contributed by atoms with Crippen LogP contribution in [0.15, 0.2) is 48.5 Å². The summed E-state index contributed by atoms with van der Waals surface area (Å²) in [6.07, 6.45) is 0.303. The van der Waals surface area contributed by atoms with Gasteiger partial charge < -0.3 is 29.6 Å². The van der Waals surface area contributed by atoms with E-state index in [0.717, 1.165) is 16.0 Å². The molecule has 0 aliphatic rings. The number of nitrogens with one attached hydrogen (secondary N) is 1. The molecule has 2 aromatic rings. The Kier molecular flexibility index (Phi) is 9.18. The SMILES string of the molecule is CN(CC(=O)N[C@H](C=O)Cc1ccc(OCc2ccc(C(=O)O)cc2)cc1)C(=O)OC(C)(C)C. The van der Waals surface area contributed by atoms with Crippen LogP contribution in [-0.2, 0) is 27.4 Å². The first-order valence-corrected chi connectivity index (χ1v) is 10.7. The van der Waals surface area contributed by atoms with Gasteiger partial charge in [-0.15, -0.1) is 0 Å². The molecule has 2 amide bonds. The molecule has 0 aliphatic carbocycles. The number of hydrogen-bond acceptors (Lipinski definition) is 6. The van der Waals surface area contributed by atoms with Crippen LogP contribution in [0.2, 0.25) is 0 Å². The van der Waals surface area contributed by atoms with Crippen LogP contribution < -0.4 is 10.1 Å². The summed E-state index contributed by atoms with van der Waals surface area (Å²) in [6.45, 7) is 5.24. The van der Waals surface area contributed by atoms with Crippen LogP contribution in [0.4, 0.5) is 4.79 Å². The summed E-state index contributed by atoms with van der Waals surface area (Å²) in [6, 6.07) is 12.7. The first kappa shape index (κ1) is 26.4. The molecule has 2 N–H and O–H groups in total. The Morgan fingerprint density at radius 1 is 1.03 bits per heavy atom. The molecule has 0 spiro atoms. The second-order valence-electron chi connectivity index (χ2n) is 8.79. The molecule has 9 heteroatoms. The average Bonchev–Trinajstić information content (AvgIpc) is 2.77. The predicted molar refractivity (Wildman–Crippen MR) is 125 cm³/mol. The van der Waals surface area contributed by atoms with E-state index in [1.54, 1.807) is 57.2 Å². The lowest BCUT2D eigenvalue weighted by Crippen LogP contribution is -2.45. The first-order chi connectivity index (χ1) is 16.0. The lowest BCUT2D eigenvalue weighted by atomic mass is 10.1. The van der Waals surface area contributed by atoms with Crippen molar-refractivity contribution in [1.82, 2.24) is 10.2 Å². The summed E-state index contributed by atoms with van der Waals surface area (Å²) >= 11 is 0. The number of carboxylic acid groups (broad SMARTS) is 1. The van der Waals surface area contributed by atoms with Gasteiger partial charge >= 0.3 is 12.1 Å². The molecule has 1 atom stereocenters. The Bertz CT molecular complexity index is 995. The molecule has 34 heavy (non-hydrogen) atoms. The number of amides is 2.